The number of aromatic nitrogens is 5. The topological polar surface area (TPSA) is 70.6 Å². The fourth-order valence-electron chi connectivity index (χ4n) is 2.01. The Labute approximate surface area is 110 Å². The van der Waals surface area contributed by atoms with E-state index in [1.165, 1.54) is 5.56 Å². The van der Waals surface area contributed by atoms with Crippen LogP contribution in [0.1, 0.15) is 5.56 Å². The first-order valence-corrected chi connectivity index (χ1v) is 6.09. The number of fused-ring (bicyclic) bond motifs is 1. The van der Waals surface area contributed by atoms with E-state index >= 15 is 0 Å². The van der Waals surface area contributed by atoms with Crippen LogP contribution in [0.5, 0.6) is 0 Å². The lowest BCUT2D eigenvalue weighted by atomic mass is 10.2. The normalized spacial score (nSPS) is 10.8. The molecule has 6 nitrogen and oxygen atoms in total. The van der Waals surface area contributed by atoms with Crippen LogP contribution in [0.3, 0.4) is 0 Å². The van der Waals surface area contributed by atoms with Crippen LogP contribution in [0.15, 0.2) is 37.1 Å². The molecule has 19 heavy (non-hydrogen) atoms. The minimum absolute atomic E-state index is 0.765. The minimum atomic E-state index is 0.765. The fourth-order valence-corrected chi connectivity index (χ4v) is 2.01. The Hall–Kier alpha value is -2.50. The number of H-pyrrole nitrogens is 1. The quantitative estimate of drug-likeness (QED) is 0.762. The zero-order valence-corrected chi connectivity index (χ0v) is 10.6. The van der Waals surface area contributed by atoms with Gasteiger partial charge >= 0.3 is 0 Å². The molecule has 6 heteroatoms. The lowest BCUT2D eigenvalue weighted by molar-refractivity contribution is 0.860. The van der Waals surface area contributed by atoms with Gasteiger partial charge in [0.2, 0.25) is 0 Å². The van der Waals surface area contributed by atoms with Gasteiger partial charge in [-0.2, -0.15) is 5.10 Å². The molecule has 0 saturated carbocycles. The predicted octanol–water partition coefficient (Wildman–Crippen LogP) is 1.43. The number of aromatic amines is 1. The van der Waals surface area contributed by atoms with E-state index < -0.39 is 0 Å². The molecule has 0 spiro atoms. The SMILES string of the molecule is CN(CCc1ccncc1)c1ncnc2[nH]ncc12. The second-order valence-corrected chi connectivity index (χ2v) is 4.36. The van der Waals surface area contributed by atoms with Crippen LogP contribution >= 0.6 is 0 Å². The first-order chi connectivity index (χ1) is 9.34. The Balaban J connectivity index is 1.77. The van der Waals surface area contributed by atoms with Crippen molar-refractivity contribution < 1.29 is 0 Å². The standard InChI is InChI=1S/C13H14N6/c1-19(7-4-10-2-5-14-6-3-10)13-11-8-17-18-12(11)15-9-16-13/h2-3,5-6,8-9H,4,7H2,1H3,(H,15,16,17,18). The van der Waals surface area contributed by atoms with Crippen LogP contribution in [0.4, 0.5) is 5.82 Å². The van der Waals surface area contributed by atoms with Gasteiger partial charge < -0.3 is 4.90 Å². The summed E-state index contributed by atoms with van der Waals surface area (Å²) in [5, 5.41) is 7.80. The highest BCUT2D eigenvalue weighted by atomic mass is 15.2. The number of hydrogen-bond donors (Lipinski definition) is 1. The number of pyridine rings is 1. The molecule has 0 unspecified atom stereocenters. The Kier molecular flexibility index (Phi) is 3.06. The van der Waals surface area contributed by atoms with Gasteiger partial charge in [-0.1, -0.05) is 0 Å². The van der Waals surface area contributed by atoms with Crippen molar-refractivity contribution in [1.29, 1.82) is 0 Å². The highest BCUT2D eigenvalue weighted by Gasteiger charge is 2.09. The molecule has 96 valence electrons. The van der Waals surface area contributed by atoms with Gasteiger partial charge in [0.05, 0.1) is 11.6 Å². The van der Waals surface area contributed by atoms with E-state index in [1.807, 2.05) is 31.6 Å². The highest BCUT2D eigenvalue weighted by Crippen LogP contribution is 2.19. The van der Waals surface area contributed by atoms with Crippen molar-refractivity contribution in [3.63, 3.8) is 0 Å². The maximum Gasteiger partial charge on any atom is 0.160 e. The molecular formula is C13H14N6. The van der Waals surface area contributed by atoms with Gasteiger partial charge in [0.1, 0.15) is 12.1 Å². The highest BCUT2D eigenvalue weighted by molar-refractivity contribution is 5.85. The summed E-state index contributed by atoms with van der Waals surface area (Å²) in [5.74, 6) is 0.896. The summed E-state index contributed by atoms with van der Waals surface area (Å²) in [4.78, 5) is 14.6. The number of nitrogens with zero attached hydrogens (tertiary/aromatic N) is 5. The number of nitrogens with one attached hydrogen (secondary N) is 1. The molecule has 0 aliphatic carbocycles. The summed E-state index contributed by atoms with van der Waals surface area (Å²) in [6, 6.07) is 4.06. The van der Waals surface area contributed by atoms with Gasteiger partial charge in [-0.3, -0.25) is 10.1 Å². The van der Waals surface area contributed by atoms with E-state index in [-0.39, 0.29) is 0 Å². The summed E-state index contributed by atoms with van der Waals surface area (Å²) in [7, 11) is 2.02. The van der Waals surface area contributed by atoms with Crippen molar-refractivity contribution in [1.82, 2.24) is 25.1 Å². The van der Waals surface area contributed by atoms with Crippen molar-refractivity contribution in [2.45, 2.75) is 6.42 Å². The Bertz CT molecular complexity index is 663. The molecule has 0 aromatic carbocycles. The average Bonchev–Trinajstić information content (AvgIpc) is 2.94. The molecule has 1 N–H and O–H groups in total. The third kappa shape index (κ3) is 2.37. The molecule has 0 atom stereocenters. The average molecular weight is 254 g/mol. The third-order valence-corrected chi connectivity index (χ3v) is 3.07. The summed E-state index contributed by atoms with van der Waals surface area (Å²) < 4.78 is 0. The summed E-state index contributed by atoms with van der Waals surface area (Å²) in [6.07, 6.45) is 7.89. The van der Waals surface area contributed by atoms with E-state index in [1.54, 1.807) is 12.5 Å². The largest absolute Gasteiger partial charge is 0.359 e. The second kappa shape index (κ2) is 5.01. The zero-order valence-electron chi connectivity index (χ0n) is 10.6. The molecule has 0 saturated heterocycles. The van der Waals surface area contributed by atoms with E-state index in [4.69, 9.17) is 0 Å². The van der Waals surface area contributed by atoms with E-state index in [0.29, 0.717) is 0 Å². The van der Waals surface area contributed by atoms with Crippen molar-refractivity contribution in [2.24, 2.45) is 0 Å². The van der Waals surface area contributed by atoms with Crippen molar-refractivity contribution in [3.05, 3.63) is 42.6 Å². The molecule has 0 fully saturated rings. The molecular weight excluding hydrogens is 240 g/mol. The molecule has 0 bridgehead atoms. The predicted molar refractivity (Wildman–Crippen MR) is 72.9 cm³/mol. The van der Waals surface area contributed by atoms with Crippen LogP contribution in [-0.4, -0.2) is 38.7 Å². The number of anilines is 1. The lowest BCUT2D eigenvalue weighted by Crippen LogP contribution is -2.21. The number of hydrogen-bond acceptors (Lipinski definition) is 5. The van der Waals surface area contributed by atoms with Crippen molar-refractivity contribution in [3.8, 4) is 0 Å². The van der Waals surface area contributed by atoms with Crippen molar-refractivity contribution in [2.75, 3.05) is 18.5 Å². The Morgan fingerprint density at radius 2 is 2.05 bits per heavy atom. The van der Waals surface area contributed by atoms with Crippen LogP contribution in [0, 0.1) is 0 Å². The van der Waals surface area contributed by atoms with E-state index in [2.05, 4.69) is 30.0 Å². The Morgan fingerprint density at radius 3 is 2.89 bits per heavy atom. The molecule has 0 aliphatic heterocycles. The van der Waals surface area contributed by atoms with Crippen LogP contribution in [-0.2, 0) is 6.42 Å². The summed E-state index contributed by atoms with van der Waals surface area (Å²) in [6.45, 7) is 0.876. The monoisotopic (exact) mass is 254 g/mol. The maximum atomic E-state index is 4.33. The molecule has 3 aromatic rings. The number of likely N-dealkylation sites (N-methyl/N-ethyl adjacent to an activating group) is 1. The first kappa shape index (κ1) is 11.6. The van der Waals surface area contributed by atoms with Gasteiger partial charge in [-0.15, -0.1) is 0 Å². The number of rotatable bonds is 4. The Morgan fingerprint density at radius 1 is 1.21 bits per heavy atom. The van der Waals surface area contributed by atoms with Crippen molar-refractivity contribution >= 4 is 16.9 Å². The molecule has 3 rings (SSSR count). The first-order valence-electron chi connectivity index (χ1n) is 6.09. The van der Waals surface area contributed by atoms with Crippen LogP contribution in [0.25, 0.3) is 11.0 Å². The summed E-state index contributed by atoms with van der Waals surface area (Å²) >= 11 is 0. The lowest BCUT2D eigenvalue weighted by Gasteiger charge is -2.18. The molecule has 0 radical (unpaired) electrons. The minimum Gasteiger partial charge on any atom is -0.359 e. The molecule has 3 heterocycles. The smallest absolute Gasteiger partial charge is 0.160 e. The maximum absolute atomic E-state index is 4.33. The molecule has 0 amide bonds. The summed E-state index contributed by atoms with van der Waals surface area (Å²) in [5.41, 5.74) is 2.03. The van der Waals surface area contributed by atoms with Gasteiger partial charge in [0.15, 0.2) is 5.65 Å². The molecule has 0 aliphatic rings. The molecule has 3 aromatic heterocycles. The van der Waals surface area contributed by atoms with Gasteiger partial charge in [-0.05, 0) is 24.1 Å². The second-order valence-electron chi connectivity index (χ2n) is 4.36. The van der Waals surface area contributed by atoms with Crippen LogP contribution in [0.2, 0.25) is 0 Å². The fraction of sp³-hybridized carbons (Fsp3) is 0.231. The third-order valence-electron chi connectivity index (χ3n) is 3.07. The van der Waals surface area contributed by atoms with Gasteiger partial charge in [0.25, 0.3) is 0 Å². The van der Waals surface area contributed by atoms with Gasteiger partial charge in [-0.25, -0.2) is 9.97 Å². The van der Waals surface area contributed by atoms with E-state index in [0.717, 1.165) is 29.8 Å². The van der Waals surface area contributed by atoms with Crippen LogP contribution < -0.4 is 4.90 Å². The van der Waals surface area contributed by atoms with Gasteiger partial charge in [0, 0.05) is 26.0 Å². The van der Waals surface area contributed by atoms with E-state index in [9.17, 15) is 0 Å². The zero-order chi connectivity index (χ0) is 13.1.